The van der Waals surface area contributed by atoms with Gasteiger partial charge < -0.3 is 10.6 Å². The van der Waals surface area contributed by atoms with Gasteiger partial charge in [0.2, 0.25) is 0 Å². The smallest absolute Gasteiger partial charge is 0.0650 e. The molecule has 0 fully saturated rings. The molecule has 2 nitrogen and oxygen atoms in total. The second-order valence-corrected chi connectivity index (χ2v) is 1.44. The summed E-state index contributed by atoms with van der Waals surface area (Å²) < 4.78 is 0. The highest BCUT2D eigenvalue weighted by atomic mass is 15.0. The summed E-state index contributed by atoms with van der Waals surface area (Å²) in [5, 5.41) is 5.87. The van der Waals surface area contributed by atoms with Crippen molar-refractivity contribution in [3.63, 3.8) is 0 Å². The van der Waals surface area contributed by atoms with Crippen LogP contribution in [0.5, 0.6) is 0 Å². The van der Waals surface area contributed by atoms with Gasteiger partial charge in [-0.05, 0) is 13.1 Å². The Balaban J connectivity index is 3.11. The number of rotatable bonds is 4. The van der Waals surface area contributed by atoms with Crippen molar-refractivity contribution in [3.8, 4) is 0 Å². The first-order chi connectivity index (χ1) is 3.81. The van der Waals surface area contributed by atoms with Gasteiger partial charge in [-0.2, -0.15) is 0 Å². The molecule has 0 aliphatic rings. The van der Waals surface area contributed by atoms with E-state index >= 15 is 0 Å². The zero-order valence-electron chi connectivity index (χ0n) is 5.20. The predicted molar refractivity (Wildman–Crippen MR) is 36.4 cm³/mol. The minimum absolute atomic E-state index is 0.741. The molecule has 0 saturated heterocycles. The summed E-state index contributed by atoms with van der Waals surface area (Å²) in [6, 6.07) is 0. The van der Waals surface area contributed by atoms with Crippen LogP contribution in [-0.4, -0.2) is 13.7 Å². The first-order valence-corrected chi connectivity index (χ1v) is 2.51. The Bertz CT molecular complexity index is 86.5. The largest absolute Gasteiger partial charge is 0.373 e. The van der Waals surface area contributed by atoms with Gasteiger partial charge in [-0.1, -0.05) is 13.2 Å². The van der Waals surface area contributed by atoms with E-state index in [1.165, 1.54) is 0 Å². The lowest BCUT2D eigenvalue weighted by atomic mass is 10.5. The molecule has 0 aromatic heterocycles. The molecule has 0 unspecified atom stereocenters. The highest BCUT2D eigenvalue weighted by molar-refractivity contribution is 5.07. The minimum Gasteiger partial charge on any atom is -0.373 e. The maximum atomic E-state index is 3.64. The van der Waals surface area contributed by atoms with Gasteiger partial charge in [-0.3, -0.25) is 0 Å². The average molecular weight is 112 g/mol. The molecule has 0 aromatic rings. The number of allylic oxidation sites excluding steroid dienone is 1. The fraction of sp³-hybridized carbons (Fsp3) is 0.333. The van der Waals surface area contributed by atoms with Crippen molar-refractivity contribution in [1.29, 1.82) is 0 Å². The van der Waals surface area contributed by atoms with Gasteiger partial charge in [-0.15, -0.1) is 0 Å². The van der Waals surface area contributed by atoms with Gasteiger partial charge >= 0.3 is 0 Å². The monoisotopic (exact) mass is 112 g/mol. The lowest BCUT2D eigenvalue weighted by Crippen LogP contribution is -2.23. The van der Waals surface area contributed by atoms with Crippen LogP contribution in [0, 0.1) is 0 Å². The highest BCUT2D eigenvalue weighted by Crippen LogP contribution is 1.78. The maximum Gasteiger partial charge on any atom is 0.0650 e. The standard InChI is InChI=1S/C6H12N2/c1-4-6(2)8-5-7-3/h4,7-8H,1-2,5H2,3H3. The van der Waals surface area contributed by atoms with Crippen LogP contribution in [0.1, 0.15) is 0 Å². The normalized spacial score (nSPS) is 8.12. The molecule has 2 heteroatoms. The molecular formula is C6H12N2. The van der Waals surface area contributed by atoms with E-state index in [9.17, 15) is 0 Å². The van der Waals surface area contributed by atoms with Crippen LogP contribution in [0.4, 0.5) is 0 Å². The molecule has 0 aliphatic carbocycles. The minimum atomic E-state index is 0.741. The molecule has 46 valence electrons. The summed E-state index contributed by atoms with van der Waals surface area (Å²) in [6.45, 7) is 7.91. The Hall–Kier alpha value is -0.760. The van der Waals surface area contributed by atoms with E-state index < -0.39 is 0 Å². The Labute approximate surface area is 50.3 Å². The lowest BCUT2D eigenvalue weighted by molar-refractivity contribution is 0.720. The number of hydrogen-bond donors (Lipinski definition) is 2. The molecule has 0 spiro atoms. The van der Waals surface area contributed by atoms with Gasteiger partial charge in [-0.25, -0.2) is 0 Å². The molecule has 0 bridgehead atoms. The van der Waals surface area contributed by atoms with Crippen LogP contribution < -0.4 is 10.6 Å². The zero-order valence-corrected chi connectivity index (χ0v) is 5.20. The van der Waals surface area contributed by atoms with Crippen molar-refractivity contribution in [3.05, 3.63) is 24.9 Å². The summed E-state index contributed by atoms with van der Waals surface area (Å²) >= 11 is 0. The van der Waals surface area contributed by atoms with Gasteiger partial charge in [0, 0.05) is 5.70 Å². The average Bonchev–Trinajstić information content (AvgIpc) is 1.83. The molecule has 0 atom stereocenters. The van der Waals surface area contributed by atoms with Crippen molar-refractivity contribution >= 4 is 0 Å². The van der Waals surface area contributed by atoms with Crippen molar-refractivity contribution in [2.45, 2.75) is 0 Å². The van der Waals surface area contributed by atoms with Crippen molar-refractivity contribution in [2.75, 3.05) is 13.7 Å². The molecule has 0 rings (SSSR count). The Morgan fingerprint density at radius 3 is 2.75 bits per heavy atom. The van der Waals surface area contributed by atoms with Gasteiger partial charge in [0.25, 0.3) is 0 Å². The van der Waals surface area contributed by atoms with E-state index in [4.69, 9.17) is 0 Å². The third-order valence-electron chi connectivity index (χ3n) is 0.739. The Morgan fingerprint density at radius 2 is 2.38 bits per heavy atom. The first-order valence-electron chi connectivity index (χ1n) is 2.51. The molecule has 0 amide bonds. The van der Waals surface area contributed by atoms with E-state index in [0.29, 0.717) is 0 Å². The van der Waals surface area contributed by atoms with Gasteiger partial charge in [0.1, 0.15) is 0 Å². The van der Waals surface area contributed by atoms with Crippen LogP contribution in [0.25, 0.3) is 0 Å². The van der Waals surface area contributed by atoms with Gasteiger partial charge in [0.15, 0.2) is 0 Å². The topological polar surface area (TPSA) is 24.1 Å². The molecule has 2 N–H and O–H groups in total. The van der Waals surface area contributed by atoms with Crippen molar-refractivity contribution in [2.24, 2.45) is 0 Å². The Kier molecular flexibility index (Phi) is 3.98. The molecule has 0 aromatic carbocycles. The summed E-state index contributed by atoms with van der Waals surface area (Å²) in [5.41, 5.74) is 0.847. The van der Waals surface area contributed by atoms with Crippen molar-refractivity contribution < 1.29 is 0 Å². The van der Waals surface area contributed by atoms with E-state index in [0.717, 1.165) is 12.4 Å². The Morgan fingerprint density at radius 1 is 1.75 bits per heavy atom. The molecule has 0 radical (unpaired) electrons. The predicted octanol–water partition coefficient (Wildman–Crippen LogP) is 0.453. The van der Waals surface area contributed by atoms with Crippen LogP contribution in [0.15, 0.2) is 24.9 Å². The molecule has 0 saturated carbocycles. The van der Waals surface area contributed by atoms with E-state index in [1.807, 2.05) is 7.05 Å². The van der Waals surface area contributed by atoms with Crippen molar-refractivity contribution in [1.82, 2.24) is 10.6 Å². The zero-order chi connectivity index (χ0) is 6.41. The fourth-order valence-corrected chi connectivity index (χ4v) is 0.274. The summed E-state index contributed by atoms with van der Waals surface area (Å²) in [5.74, 6) is 0. The second kappa shape index (κ2) is 4.40. The summed E-state index contributed by atoms with van der Waals surface area (Å²) in [6.07, 6.45) is 1.68. The molecule has 0 aliphatic heterocycles. The van der Waals surface area contributed by atoms with Crippen LogP contribution in [0.3, 0.4) is 0 Å². The number of nitrogens with one attached hydrogen (secondary N) is 2. The van der Waals surface area contributed by atoms with Crippen LogP contribution in [0.2, 0.25) is 0 Å². The van der Waals surface area contributed by atoms with Crippen LogP contribution in [-0.2, 0) is 0 Å². The van der Waals surface area contributed by atoms with E-state index in [1.54, 1.807) is 6.08 Å². The third-order valence-corrected chi connectivity index (χ3v) is 0.739. The van der Waals surface area contributed by atoms with E-state index in [-0.39, 0.29) is 0 Å². The summed E-state index contributed by atoms with van der Waals surface area (Å²) in [4.78, 5) is 0. The van der Waals surface area contributed by atoms with E-state index in [2.05, 4.69) is 23.8 Å². The fourth-order valence-electron chi connectivity index (χ4n) is 0.274. The van der Waals surface area contributed by atoms with Gasteiger partial charge in [0.05, 0.1) is 6.67 Å². The molecule has 0 heterocycles. The maximum absolute atomic E-state index is 3.64. The highest BCUT2D eigenvalue weighted by Gasteiger charge is 1.78. The lowest BCUT2D eigenvalue weighted by Gasteiger charge is -2.01. The molecular weight excluding hydrogens is 100 g/mol. The second-order valence-electron chi connectivity index (χ2n) is 1.44. The number of hydrogen-bond acceptors (Lipinski definition) is 2. The summed E-state index contributed by atoms with van der Waals surface area (Å²) in [7, 11) is 1.86. The molecule has 8 heavy (non-hydrogen) atoms. The first kappa shape index (κ1) is 7.24. The SMILES string of the molecule is C=CC(=C)NCNC. The van der Waals surface area contributed by atoms with Crippen LogP contribution >= 0.6 is 0 Å². The quantitative estimate of drug-likeness (QED) is 0.407. The third kappa shape index (κ3) is 3.43.